The van der Waals surface area contributed by atoms with Crippen LogP contribution in [0.25, 0.3) is 0 Å². The number of rotatable bonds is 6. The number of amides is 1. The van der Waals surface area contributed by atoms with Crippen molar-refractivity contribution < 1.29 is 13.2 Å². The molecule has 0 atom stereocenters. The van der Waals surface area contributed by atoms with Gasteiger partial charge in [0.2, 0.25) is 15.9 Å². The van der Waals surface area contributed by atoms with E-state index in [1.165, 1.54) is 14.1 Å². The molecular formula is C13H20N2O3S. The predicted molar refractivity (Wildman–Crippen MR) is 75.1 cm³/mol. The molecule has 0 aliphatic rings. The van der Waals surface area contributed by atoms with Crippen molar-refractivity contribution in [3.63, 3.8) is 0 Å². The van der Waals surface area contributed by atoms with Crippen LogP contribution < -0.4 is 5.32 Å². The molecule has 1 amide bonds. The Bertz CT molecular complexity index is 539. The maximum absolute atomic E-state index is 11.6. The summed E-state index contributed by atoms with van der Waals surface area (Å²) in [6.45, 7) is 2.40. The Kier molecular flexibility index (Phi) is 5.50. The van der Waals surface area contributed by atoms with Gasteiger partial charge in [0.15, 0.2) is 0 Å². The van der Waals surface area contributed by atoms with Gasteiger partial charge in [0.25, 0.3) is 0 Å². The van der Waals surface area contributed by atoms with Crippen LogP contribution in [0.3, 0.4) is 0 Å². The Morgan fingerprint density at radius 3 is 2.58 bits per heavy atom. The summed E-state index contributed by atoms with van der Waals surface area (Å²) in [6.07, 6.45) is -0.0215. The Morgan fingerprint density at radius 2 is 2.00 bits per heavy atom. The molecule has 0 unspecified atom stereocenters. The van der Waals surface area contributed by atoms with Gasteiger partial charge in [-0.15, -0.1) is 0 Å². The molecule has 5 nitrogen and oxygen atoms in total. The van der Waals surface area contributed by atoms with Crippen molar-refractivity contribution in [3.8, 4) is 0 Å². The molecule has 106 valence electrons. The van der Waals surface area contributed by atoms with Crippen molar-refractivity contribution in [2.24, 2.45) is 0 Å². The summed E-state index contributed by atoms with van der Waals surface area (Å²) in [5.74, 6) is -0.424. The zero-order chi connectivity index (χ0) is 14.5. The Labute approximate surface area is 114 Å². The number of benzene rings is 1. The van der Waals surface area contributed by atoms with Gasteiger partial charge in [-0.05, 0) is 12.5 Å². The van der Waals surface area contributed by atoms with Gasteiger partial charge in [-0.3, -0.25) is 4.79 Å². The van der Waals surface area contributed by atoms with Gasteiger partial charge in [0.05, 0.1) is 5.75 Å². The second-order valence-corrected chi connectivity index (χ2v) is 6.92. The predicted octanol–water partition coefficient (Wildman–Crippen LogP) is 0.893. The highest BCUT2D eigenvalue weighted by Crippen LogP contribution is 2.03. The van der Waals surface area contributed by atoms with Gasteiger partial charge in [-0.2, -0.15) is 0 Å². The Morgan fingerprint density at radius 1 is 1.32 bits per heavy atom. The molecule has 0 aliphatic carbocycles. The van der Waals surface area contributed by atoms with Crippen LogP contribution in [-0.2, 0) is 21.4 Å². The normalized spacial score (nSPS) is 11.6. The summed E-state index contributed by atoms with van der Waals surface area (Å²) in [4.78, 5) is 11.6. The average molecular weight is 284 g/mol. The van der Waals surface area contributed by atoms with Gasteiger partial charge < -0.3 is 5.32 Å². The average Bonchev–Trinajstić information content (AvgIpc) is 2.34. The van der Waals surface area contributed by atoms with Gasteiger partial charge in [-0.25, -0.2) is 12.7 Å². The summed E-state index contributed by atoms with van der Waals surface area (Å²) >= 11 is 0. The monoisotopic (exact) mass is 284 g/mol. The second kappa shape index (κ2) is 6.68. The number of hydrogen-bond donors (Lipinski definition) is 1. The molecule has 6 heteroatoms. The van der Waals surface area contributed by atoms with E-state index in [-0.39, 0.29) is 18.1 Å². The van der Waals surface area contributed by atoms with E-state index < -0.39 is 10.0 Å². The van der Waals surface area contributed by atoms with Crippen molar-refractivity contribution in [2.45, 2.75) is 19.9 Å². The van der Waals surface area contributed by atoms with Crippen molar-refractivity contribution >= 4 is 15.9 Å². The fourth-order valence-electron chi connectivity index (χ4n) is 1.52. The highest BCUT2D eigenvalue weighted by molar-refractivity contribution is 7.89. The van der Waals surface area contributed by atoms with Gasteiger partial charge in [-0.1, -0.05) is 29.8 Å². The standard InChI is InChI=1S/C13H20N2O3S/c1-11-5-4-6-12(9-11)10-14-13(16)7-8-19(17,18)15(2)3/h4-6,9H,7-8,10H2,1-3H3,(H,14,16). The number of sulfonamides is 1. The van der Waals surface area contributed by atoms with E-state index in [9.17, 15) is 13.2 Å². The SMILES string of the molecule is Cc1cccc(CNC(=O)CCS(=O)(=O)N(C)C)c1. The minimum atomic E-state index is -3.31. The molecule has 0 spiro atoms. The highest BCUT2D eigenvalue weighted by Gasteiger charge is 2.15. The van der Waals surface area contributed by atoms with E-state index >= 15 is 0 Å². The van der Waals surface area contributed by atoms with Crippen molar-refractivity contribution in [1.82, 2.24) is 9.62 Å². The molecule has 19 heavy (non-hydrogen) atoms. The minimum Gasteiger partial charge on any atom is -0.352 e. The van der Waals surface area contributed by atoms with E-state index in [1.54, 1.807) is 0 Å². The number of nitrogens with one attached hydrogen (secondary N) is 1. The summed E-state index contributed by atoms with van der Waals surface area (Å²) in [5.41, 5.74) is 2.13. The smallest absolute Gasteiger partial charge is 0.221 e. The Balaban J connectivity index is 2.41. The molecule has 1 N–H and O–H groups in total. The van der Waals surface area contributed by atoms with E-state index in [4.69, 9.17) is 0 Å². The molecule has 0 saturated carbocycles. The highest BCUT2D eigenvalue weighted by atomic mass is 32.2. The molecule has 0 radical (unpaired) electrons. The minimum absolute atomic E-state index is 0.0215. The summed E-state index contributed by atoms with van der Waals surface area (Å²) in [7, 11) is -0.394. The van der Waals surface area contributed by atoms with E-state index in [2.05, 4.69) is 5.32 Å². The molecule has 0 heterocycles. The molecule has 0 bridgehead atoms. The molecular weight excluding hydrogens is 264 g/mol. The van der Waals surface area contributed by atoms with E-state index in [0.717, 1.165) is 15.4 Å². The lowest BCUT2D eigenvalue weighted by Crippen LogP contribution is -2.30. The van der Waals surface area contributed by atoms with Crippen LogP contribution in [0.5, 0.6) is 0 Å². The van der Waals surface area contributed by atoms with Crippen LogP contribution >= 0.6 is 0 Å². The summed E-state index contributed by atoms with van der Waals surface area (Å²) in [5, 5.41) is 2.72. The first-order valence-corrected chi connectivity index (χ1v) is 7.64. The topological polar surface area (TPSA) is 66.5 Å². The third kappa shape index (κ3) is 5.40. The lowest BCUT2D eigenvalue weighted by molar-refractivity contribution is -0.120. The first kappa shape index (κ1) is 15.7. The van der Waals surface area contributed by atoms with Gasteiger partial charge in [0.1, 0.15) is 0 Å². The van der Waals surface area contributed by atoms with Crippen LogP contribution in [0.2, 0.25) is 0 Å². The molecule has 0 fully saturated rings. The van der Waals surface area contributed by atoms with Crippen LogP contribution in [0, 0.1) is 6.92 Å². The molecule has 1 aromatic carbocycles. The molecule has 1 aromatic rings. The largest absolute Gasteiger partial charge is 0.352 e. The Hall–Kier alpha value is -1.40. The van der Waals surface area contributed by atoms with Crippen molar-refractivity contribution in [1.29, 1.82) is 0 Å². The van der Waals surface area contributed by atoms with Crippen molar-refractivity contribution in [2.75, 3.05) is 19.8 Å². The van der Waals surface area contributed by atoms with Gasteiger partial charge >= 0.3 is 0 Å². The third-order valence-corrected chi connectivity index (χ3v) is 4.55. The third-order valence-electron chi connectivity index (χ3n) is 2.72. The van der Waals surface area contributed by atoms with Crippen LogP contribution in [-0.4, -0.2) is 38.5 Å². The van der Waals surface area contributed by atoms with E-state index in [0.29, 0.717) is 6.54 Å². The number of hydrogen-bond acceptors (Lipinski definition) is 3. The second-order valence-electron chi connectivity index (χ2n) is 4.61. The fraction of sp³-hybridized carbons (Fsp3) is 0.462. The first-order chi connectivity index (χ1) is 8.81. The quantitative estimate of drug-likeness (QED) is 0.843. The first-order valence-electron chi connectivity index (χ1n) is 6.04. The maximum Gasteiger partial charge on any atom is 0.221 e. The summed E-state index contributed by atoms with van der Waals surface area (Å²) in [6, 6.07) is 7.81. The zero-order valence-electron chi connectivity index (χ0n) is 11.5. The fourth-order valence-corrected chi connectivity index (χ4v) is 2.32. The van der Waals surface area contributed by atoms with Gasteiger partial charge in [0, 0.05) is 27.1 Å². The zero-order valence-corrected chi connectivity index (χ0v) is 12.3. The number of carbonyl (C=O) groups is 1. The summed E-state index contributed by atoms with van der Waals surface area (Å²) < 4.78 is 24.1. The van der Waals surface area contributed by atoms with E-state index in [1.807, 2.05) is 31.2 Å². The molecule has 0 aliphatic heterocycles. The lowest BCUT2D eigenvalue weighted by atomic mass is 10.1. The molecule has 1 rings (SSSR count). The van der Waals surface area contributed by atoms with Crippen molar-refractivity contribution in [3.05, 3.63) is 35.4 Å². The van der Waals surface area contributed by atoms with Crippen LogP contribution in [0.15, 0.2) is 24.3 Å². The maximum atomic E-state index is 11.6. The molecule has 0 aromatic heterocycles. The molecule has 0 saturated heterocycles. The number of nitrogens with zero attached hydrogens (tertiary/aromatic N) is 1. The van der Waals surface area contributed by atoms with Crippen LogP contribution in [0.4, 0.5) is 0 Å². The number of aryl methyl sites for hydroxylation is 1. The number of carbonyl (C=O) groups excluding carboxylic acids is 1. The van der Waals surface area contributed by atoms with Crippen LogP contribution in [0.1, 0.15) is 17.5 Å². The lowest BCUT2D eigenvalue weighted by Gasteiger charge is -2.11.